The van der Waals surface area contributed by atoms with Crippen LogP contribution in [0.4, 0.5) is 0 Å². The molecule has 120 valence electrons. The Hall–Kier alpha value is -1.94. The standard InChI is InChI=1S/C13H16N2O7/c16-4-6-9(17)10(18)12(22-6)15-3-5-1-2-14-11(19)7(5)8(15)13(20)21/h3,6,9-10,12,16-18H,1-2,4H2,(H,14,19)(H,20,21)/t6-,9-,10-,12-/m1/s1. The molecule has 2 aliphatic rings. The van der Waals surface area contributed by atoms with Crippen LogP contribution in [0, 0.1) is 0 Å². The van der Waals surface area contributed by atoms with Crippen molar-refractivity contribution in [3.8, 4) is 0 Å². The predicted octanol–water partition coefficient (Wildman–Crippen LogP) is -1.92. The van der Waals surface area contributed by atoms with Gasteiger partial charge in [0.1, 0.15) is 24.0 Å². The first kappa shape index (κ1) is 15.0. The summed E-state index contributed by atoms with van der Waals surface area (Å²) in [7, 11) is 0. The molecule has 0 saturated carbocycles. The highest BCUT2D eigenvalue weighted by atomic mass is 16.6. The number of amides is 1. The molecule has 1 aromatic rings. The summed E-state index contributed by atoms with van der Waals surface area (Å²) in [6.45, 7) is -0.122. The van der Waals surface area contributed by atoms with Crippen LogP contribution >= 0.6 is 0 Å². The molecule has 1 fully saturated rings. The summed E-state index contributed by atoms with van der Waals surface area (Å²) in [5.41, 5.74) is 0.275. The molecule has 9 heteroatoms. The van der Waals surface area contributed by atoms with E-state index in [0.717, 1.165) is 4.57 Å². The highest BCUT2D eigenvalue weighted by Gasteiger charge is 2.45. The molecular formula is C13H16N2O7. The first-order valence-electron chi connectivity index (χ1n) is 6.83. The molecule has 0 bridgehead atoms. The zero-order chi connectivity index (χ0) is 16.0. The molecule has 0 aromatic carbocycles. The van der Waals surface area contributed by atoms with Gasteiger partial charge in [-0.15, -0.1) is 0 Å². The maximum Gasteiger partial charge on any atom is 0.353 e. The van der Waals surface area contributed by atoms with Gasteiger partial charge in [0.25, 0.3) is 5.91 Å². The van der Waals surface area contributed by atoms with E-state index in [1.165, 1.54) is 6.20 Å². The average molecular weight is 312 g/mol. The van der Waals surface area contributed by atoms with Gasteiger partial charge in [0.15, 0.2) is 6.23 Å². The van der Waals surface area contributed by atoms with Crippen molar-refractivity contribution in [2.24, 2.45) is 0 Å². The number of aromatic carboxylic acids is 1. The van der Waals surface area contributed by atoms with Gasteiger partial charge in [-0.25, -0.2) is 4.79 Å². The number of ether oxygens (including phenoxy) is 1. The van der Waals surface area contributed by atoms with Crippen LogP contribution in [-0.4, -0.2) is 68.3 Å². The van der Waals surface area contributed by atoms with Crippen LogP contribution in [0.1, 0.15) is 32.6 Å². The number of hydrogen-bond donors (Lipinski definition) is 5. The Labute approximate surface area is 124 Å². The van der Waals surface area contributed by atoms with E-state index >= 15 is 0 Å². The lowest BCUT2D eigenvalue weighted by atomic mass is 10.0. The number of fused-ring (bicyclic) bond motifs is 1. The van der Waals surface area contributed by atoms with E-state index in [1.54, 1.807) is 0 Å². The Bertz CT molecular complexity index is 626. The third kappa shape index (κ3) is 2.10. The number of aliphatic hydroxyl groups excluding tert-OH is 3. The zero-order valence-electron chi connectivity index (χ0n) is 11.5. The highest BCUT2D eigenvalue weighted by molar-refractivity contribution is 6.06. The number of hydrogen-bond acceptors (Lipinski definition) is 6. The van der Waals surface area contributed by atoms with Crippen LogP contribution in [0.15, 0.2) is 6.20 Å². The van der Waals surface area contributed by atoms with E-state index in [-0.39, 0.29) is 11.3 Å². The first-order valence-corrected chi connectivity index (χ1v) is 6.83. The number of carbonyl (C=O) groups is 2. The van der Waals surface area contributed by atoms with E-state index in [9.17, 15) is 24.9 Å². The molecule has 5 N–H and O–H groups in total. The lowest BCUT2D eigenvalue weighted by molar-refractivity contribution is -0.0537. The van der Waals surface area contributed by atoms with Gasteiger partial charge in [-0.2, -0.15) is 0 Å². The zero-order valence-corrected chi connectivity index (χ0v) is 11.5. The summed E-state index contributed by atoms with van der Waals surface area (Å²) in [5, 5.41) is 40.9. The lowest BCUT2D eigenvalue weighted by Crippen LogP contribution is -2.34. The number of nitrogens with zero attached hydrogens (tertiary/aromatic N) is 1. The Morgan fingerprint density at radius 2 is 2.14 bits per heavy atom. The number of rotatable bonds is 3. The minimum atomic E-state index is -1.41. The Morgan fingerprint density at radius 3 is 2.73 bits per heavy atom. The van der Waals surface area contributed by atoms with E-state index in [0.29, 0.717) is 18.5 Å². The second-order valence-corrected chi connectivity index (χ2v) is 5.33. The summed E-state index contributed by atoms with van der Waals surface area (Å²) in [5.74, 6) is -1.83. The molecule has 0 unspecified atom stereocenters. The number of aliphatic hydroxyl groups is 3. The van der Waals surface area contributed by atoms with Gasteiger partial charge < -0.3 is 35.0 Å². The number of nitrogens with one attached hydrogen (secondary N) is 1. The number of aromatic nitrogens is 1. The Morgan fingerprint density at radius 1 is 1.41 bits per heavy atom. The molecule has 3 rings (SSSR count). The third-order valence-corrected chi connectivity index (χ3v) is 4.01. The van der Waals surface area contributed by atoms with Crippen molar-refractivity contribution < 1.29 is 34.8 Å². The average Bonchev–Trinajstić information content (AvgIpc) is 2.99. The molecular weight excluding hydrogens is 296 g/mol. The summed E-state index contributed by atoms with van der Waals surface area (Å²) in [4.78, 5) is 23.5. The molecule has 2 aliphatic heterocycles. The molecule has 1 amide bonds. The summed E-state index contributed by atoms with van der Waals surface area (Å²) in [6, 6.07) is 0. The van der Waals surface area contributed by atoms with E-state index in [2.05, 4.69) is 5.32 Å². The van der Waals surface area contributed by atoms with Crippen LogP contribution in [0.25, 0.3) is 0 Å². The van der Waals surface area contributed by atoms with Crippen LogP contribution in [0.5, 0.6) is 0 Å². The molecule has 9 nitrogen and oxygen atoms in total. The van der Waals surface area contributed by atoms with Crippen LogP contribution in [0.2, 0.25) is 0 Å². The fourth-order valence-corrected chi connectivity index (χ4v) is 2.95. The Kier molecular flexibility index (Phi) is 3.65. The molecule has 0 spiro atoms. The van der Waals surface area contributed by atoms with E-state index in [4.69, 9.17) is 9.84 Å². The fourth-order valence-electron chi connectivity index (χ4n) is 2.95. The maximum absolute atomic E-state index is 11.9. The topological polar surface area (TPSA) is 141 Å². The lowest BCUT2D eigenvalue weighted by Gasteiger charge is -2.18. The van der Waals surface area contributed by atoms with Gasteiger partial charge in [0, 0.05) is 12.7 Å². The van der Waals surface area contributed by atoms with Gasteiger partial charge in [-0.1, -0.05) is 0 Å². The molecule has 3 heterocycles. The maximum atomic E-state index is 11.9. The predicted molar refractivity (Wildman–Crippen MR) is 70.4 cm³/mol. The summed E-state index contributed by atoms with van der Waals surface area (Å²) >= 11 is 0. The summed E-state index contributed by atoms with van der Waals surface area (Å²) < 4.78 is 6.48. The highest BCUT2D eigenvalue weighted by Crippen LogP contribution is 2.33. The normalized spacial score (nSPS) is 31.0. The Balaban J connectivity index is 2.08. The number of carbonyl (C=O) groups excluding carboxylic acids is 1. The number of carboxylic acid groups (broad SMARTS) is 1. The van der Waals surface area contributed by atoms with Crippen molar-refractivity contribution in [3.05, 3.63) is 23.0 Å². The fraction of sp³-hybridized carbons (Fsp3) is 0.538. The van der Waals surface area contributed by atoms with Crippen molar-refractivity contribution in [3.63, 3.8) is 0 Å². The van der Waals surface area contributed by atoms with Crippen LogP contribution in [-0.2, 0) is 11.2 Å². The van der Waals surface area contributed by atoms with Crippen molar-refractivity contribution in [1.29, 1.82) is 0 Å². The van der Waals surface area contributed by atoms with E-state index in [1.807, 2.05) is 0 Å². The van der Waals surface area contributed by atoms with Crippen molar-refractivity contribution in [1.82, 2.24) is 9.88 Å². The van der Waals surface area contributed by atoms with Crippen LogP contribution < -0.4 is 5.32 Å². The van der Waals surface area contributed by atoms with Gasteiger partial charge in [0.05, 0.1) is 12.2 Å². The van der Waals surface area contributed by atoms with Gasteiger partial charge in [-0.05, 0) is 12.0 Å². The second kappa shape index (κ2) is 5.36. The van der Waals surface area contributed by atoms with Crippen molar-refractivity contribution >= 4 is 11.9 Å². The third-order valence-electron chi connectivity index (χ3n) is 4.01. The van der Waals surface area contributed by atoms with Crippen molar-refractivity contribution in [2.45, 2.75) is 31.0 Å². The SMILES string of the molecule is O=C1NCCc2cn([C@@H]3O[C@H](CO)[C@@H](O)[C@H]3O)c(C(=O)O)c21. The van der Waals surface area contributed by atoms with Gasteiger partial charge in [-0.3, -0.25) is 4.79 Å². The molecule has 4 atom stereocenters. The molecule has 0 radical (unpaired) electrons. The molecule has 1 aromatic heterocycles. The van der Waals surface area contributed by atoms with Crippen LogP contribution in [0.3, 0.4) is 0 Å². The van der Waals surface area contributed by atoms with Gasteiger partial charge in [0.2, 0.25) is 0 Å². The smallest absolute Gasteiger partial charge is 0.353 e. The second-order valence-electron chi connectivity index (χ2n) is 5.33. The van der Waals surface area contributed by atoms with Gasteiger partial charge >= 0.3 is 5.97 Å². The minimum absolute atomic E-state index is 0.0384. The molecule has 22 heavy (non-hydrogen) atoms. The summed E-state index contributed by atoms with van der Waals surface area (Å²) in [6.07, 6.45) is -3.05. The number of carboxylic acids is 1. The van der Waals surface area contributed by atoms with Crippen molar-refractivity contribution in [2.75, 3.05) is 13.2 Å². The van der Waals surface area contributed by atoms with E-state index < -0.39 is 43.0 Å². The molecule has 1 saturated heterocycles. The monoisotopic (exact) mass is 312 g/mol. The quantitative estimate of drug-likeness (QED) is 0.438. The first-order chi connectivity index (χ1) is 10.5. The minimum Gasteiger partial charge on any atom is -0.477 e. The largest absolute Gasteiger partial charge is 0.477 e. The molecule has 0 aliphatic carbocycles.